The fourth-order valence-electron chi connectivity index (χ4n) is 3.22. The molecule has 1 saturated heterocycles. The van der Waals surface area contributed by atoms with E-state index in [0.717, 1.165) is 24.0 Å². The molecule has 1 fully saturated rings. The third-order valence-corrected chi connectivity index (χ3v) is 4.94. The average molecular weight is 476 g/mol. The predicted molar refractivity (Wildman–Crippen MR) is 129 cm³/mol. The van der Waals surface area contributed by atoms with Gasteiger partial charge in [0.2, 0.25) is 0 Å². The van der Waals surface area contributed by atoms with Crippen molar-refractivity contribution < 1.29 is 33.3 Å². The molecular weight excluding hydrogens is 438 g/mol. The van der Waals surface area contributed by atoms with Gasteiger partial charge in [0.05, 0.1) is 26.4 Å². The quantitative estimate of drug-likeness (QED) is 0.401. The molecule has 2 aliphatic rings. The van der Waals surface area contributed by atoms with Gasteiger partial charge in [0.1, 0.15) is 24.4 Å². The number of hydrogen-bond donors (Lipinski definition) is 1. The van der Waals surface area contributed by atoms with Crippen molar-refractivity contribution in [3.8, 4) is 0 Å². The van der Waals surface area contributed by atoms with Crippen molar-refractivity contribution in [3.05, 3.63) is 60.8 Å². The minimum atomic E-state index is -1.01. The molecule has 1 N–H and O–H groups in total. The normalized spacial score (nSPS) is 24.1. The lowest BCUT2D eigenvalue weighted by atomic mass is 10.1. The van der Waals surface area contributed by atoms with E-state index in [4.69, 9.17) is 23.7 Å². The van der Waals surface area contributed by atoms with E-state index in [9.17, 15) is 9.59 Å². The highest BCUT2D eigenvalue weighted by atomic mass is 16.6. The molecule has 34 heavy (non-hydrogen) atoms. The maximum Gasteiger partial charge on any atom is 0.408 e. The molecule has 0 aromatic carbocycles. The minimum Gasteiger partial charge on any atom is -0.461 e. The van der Waals surface area contributed by atoms with Crippen LogP contribution in [0.3, 0.4) is 0 Å². The van der Waals surface area contributed by atoms with Crippen LogP contribution in [-0.4, -0.2) is 68.9 Å². The first-order valence-corrected chi connectivity index (χ1v) is 11.5. The fourth-order valence-corrected chi connectivity index (χ4v) is 3.22. The number of carbonyl (C=O) groups is 2. The fraction of sp³-hybridized carbons (Fsp3) is 0.538. The number of esters is 1. The molecule has 1 aliphatic carbocycles. The number of rotatable bonds is 9. The van der Waals surface area contributed by atoms with E-state index in [1.54, 1.807) is 39.0 Å². The van der Waals surface area contributed by atoms with E-state index in [1.165, 1.54) is 0 Å². The van der Waals surface area contributed by atoms with Gasteiger partial charge >= 0.3 is 12.1 Å². The van der Waals surface area contributed by atoms with Gasteiger partial charge in [-0.05, 0) is 44.8 Å². The van der Waals surface area contributed by atoms with E-state index in [-0.39, 0.29) is 26.4 Å². The molecule has 0 bridgehead atoms. The molecule has 1 heterocycles. The minimum absolute atomic E-state index is 0.0506. The zero-order chi connectivity index (χ0) is 25.0. The smallest absolute Gasteiger partial charge is 0.408 e. The Balaban J connectivity index is 2.08. The van der Waals surface area contributed by atoms with Crippen LogP contribution >= 0.6 is 0 Å². The van der Waals surface area contributed by atoms with Crippen molar-refractivity contribution in [1.29, 1.82) is 0 Å². The zero-order valence-electron chi connectivity index (χ0n) is 20.4. The summed E-state index contributed by atoms with van der Waals surface area (Å²) < 4.78 is 28.7. The number of alkyl carbamates (subject to hydrolysis) is 1. The zero-order valence-corrected chi connectivity index (χ0v) is 20.4. The summed E-state index contributed by atoms with van der Waals surface area (Å²) in [6, 6.07) is -1.01. The molecule has 2 unspecified atom stereocenters. The Morgan fingerprint density at radius 2 is 1.94 bits per heavy atom. The van der Waals surface area contributed by atoms with Gasteiger partial charge in [0, 0.05) is 0 Å². The van der Waals surface area contributed by atoms with E-state index in [0.29, 0.717) is 6.61 Å². The second-order valence-electron chi connectivity index (χ2n) is 9.01. The Morgan fingerprint density at radius 1 is 1.18 bits per heavy atom. The third-order valence-electron chi connectivity index (χ3n) is 4.94. The standard InChI is InChI=1S/C26H37NO7/c1-6-11-19(7-2)14-31-22-17-30-16-21(27-25(29)34-26(3,4)5)24(28)33-18-23(22)32-15-20-12-9-8-10-13-20/h6-7,9,11-13,21-23H,1-2,8,10,14-18H2,3-5H3,(H,27,29)/b19-11+/t21?,22?,23-/m0/s1. The predicted octanol–water partition coefficient (Wildman–Crippen LogP) is 3.80. The second-order valence-corrected chi connectivity index (χ2v) is 9.01. The largest absolute Gasteiger partial charge is 0.461 e. The number of hydrogen-bond acceptors (Lipinski definition) is 7. The average Bonchev–Trinajstić information content (AvgIpc) is 2.85. The van der Waals surface area contributed by atoms with Crippen LogP contribution in [0.5, 0.6) is 0 Å². The Hall–Kier alpha value is -2.68. The van der Waals surface area contributed by atoms with E-state index >= 15 is 0 Å². The van der Waals surface area contributed by atoms with Crippen LogP contribution in [-0.2, 0) is 28.5 Å². The van der Waals surface area contributed by atoms with Crippen molar-refractivity contribution in [1.82, 2.24) is 5.32 Å². The number of nitrogens with one attached hydrogen (secondary N) is 1. The van der Waals surface area contributed by atoms with Gasteiger partial charge in [-0.25, -0.2) is 9.59 Å². The summed E-state index contributed by atoms with van der Waals surface area (Å²) in [7, 11) is 0. The molecule has 0 radical (unpaired) electrons. The van der Waals surface area contributed by atoms with Crippen molar-refractivity contribution in [3.63, 3.8) is 0 Å². The molecule has 3 atom stereocenters. The summed E-state index contributed by atoms with van der Waals surface area (Å²) >= 11 is 0. The maximum absolute atomic E-state index is 12.7. The van der Waals surface area contributed by atoms with Crippen molar-refractivity contribution in [2.75, 3.05) is 33.0 Å². The lowest BCUT2D eigenvalue weighted by Gasteiger charge is -2.27. The molecule has 2 rings (SSSR count). The Kier molecular flexibility index (Phi) is 11.3. The van der Waals surface area contributed by atoms with Crippen LogP contribution in [0.25, 0.3) is 0 Å². The summed E-state index contributed by atoms with van der Waals surface area (Å²) in [5.74, 6) is -0.629. The SMILES string of the molecule is C=C/C=C(\C=C)COC1COCC(NC(=O)OC(C)(C)C)C(=O)OC[C@@H]1OCC1=CCCC=C1. The Bertz CT molecular complexity index is 806. The molecule has 1 aliphatic heterocycles. The Morgan fingerprint density at radius 3 is 2.59 bits per heavy atom. The monoisotopic (exact) mass is 475 g/mol. The molecule has 0 saturated carbocycles. The molecule has 0 spiro atoms. The molecule has 1 amide bonds. The highest BCUT2D eigenvalue weighted by molar-refractivity contribution is 5.81. The first-order valence-electron chi connectivity index (χ1n) is 11.5. The summed E-state index contributed by atoms with van der Waals surface area (Å²) in [6.45, 7) is 13.3. The van der Waals surface area contributed by atoms with E-state index < -0.39 is 35.9 Å². The highest BCUT2D eigenvalue weighted by Crippen LogP contribution is 2.16. The Labute approximate surface area is 202 Å². The number of allylic oxidation sites excluding steroid dienone is 4. The molecule has 0 aromatic heterocycles. The number of amides is 1. The first kappa shape index (κ1) is 27.6. The first-order chi connectivity index (χ1) is 16.2. The van der Waals surface area contributed by atoms with Gasteiger partial charge in [-0.1, -0.05) is 49.6 Å². The van der Waals surface area contributed by atoms with Crippen LogP contribution in [0.2, 0.25) is 0 Å². The number of cyclic esters (lactones) is 1. The van der Waals surface area contributed by atoms with Crippen LogP contribution in [0, 0.1) is 0 Å². The second kappa shape index (κ2) is 13.9. The van der Waals surface area contributed by atoms with Crippen molar-refractivity contribution in [2.45, 2.75) is 57.5 Å². The molecule has 188 valence electrons. The summed E-state index contributed by atoms with van der Waals surface area (Å²) in [6.07, 6.45) is 11.6. The number of ether oxygens (including phenoxy) is 5. The lowest BCUT2D eigenvalue weighted by Crippen LogP contribution is -2.46. The topological polar surface area (TPSA) is 92.3 Å². The van der Waals surface area contributed by atoms with Gasteiger partial charge < -0.3 is 29.0 Å². The molecule has 8 heteroatoms. The van der Waals surface area contributed by atoms with Gasteiger partial charge in [-0.3, -0.25) is 0 Å². The number of carbonyl (C=O) groups excluding carboxylic acids is 2. The molecule has 8 nitrogen and oxygen atoms in total. The van der Waals surface area contributed by atoms with Crippen LogP contribution in [0.4, 0.5) is 4.79 Å². The summed E-state index contributed by atoms with van der Waals surface area (Å²) in [4.78, 5) is 24.8. The summed E-state index contributed by atoms with van der Waals surface area (Å²) in [5.41, 5.74) is 1.20. The van der Waals surface area contributed by atoms with E-state index in [2.05, 4.69) is 30.6 Å². The van der Waals surface area contributed by atoms with Crippen molar-refractivity contribution in [2.24, 2.45) is 0 Å². The van der Waals surface area contributed by atoms with E-state index in [1.807, 2.05) is 6.08 Å². The van der Waals surface area contributed by atoms with Gasteiger partial charge in [-0.15, -0.1) is 0 Å². The van der Waals surface area contributed by atoms with Crippen LogP contribution in [0.15, 0.2) is 60.8 Å². The van der Waals surface area contributed by atoms with Crippen LogP contribution < -0.4 is 5.32 Å². The summed E-state index contributed by atoms with van der Waals surface area (Å²) in [5, 5.41) is 2.52. The van der Waals surface area contributed by atoms with Gasteiger partial charge in [0.15, 0.2) is 6.04 Å². The third kappa shape index (κ3) is 10.1. The maximum atomic E-state index is 12.7. The lowest BCUT2D eigenvalue weighted by molar-refractivity contribution is -0.153. The van der Waals surface area contributed by atoms with Crippen molar-refractivity contribution >= 4 is 12.1 Å². The van der Waals surface area contributed by atoms with Gasteiger partial charge in [0.25, 0.3) is 0 Å². The van der Waals surface area contributed by atoms with Crippen LogP contribution in [0.1, 0.15) is 33.6 Å². The highest BCUT2D eigenvalue weighted by Gasteiger charge is 2.32. The molecule has 0 aromatic rings. The van der Waals surface area contributed by atoms with Gasteiger partial charge in [-0.2, -0.15) is 0 Å². The molecular formula is C26H37NO7.